The molecule has 1 aromatic carbocycles. The normalized spacial score (nSPS) is 31.9. The third-order valence-electron chi connectivity index (χ3n) is 5.80. The fourth-order valence-electron chi connectivity index (χ4n) is 4.75. The van der Waals surface area contributed by atoms with E-state index >= 15 is 0 Å². The van der Waals surface area contributed by atoms with E-state index in [0.717, 1.165) is 24.7 Å². The fourth-order valence-corrected chi connectivity index (χ4v) is 8.69. The molecule has 1 heterocycles. The molecule has 2 aliphatic carbocycles. The van der Waals surface area contributed by atoms with Gasteiger partial charge in [-0.2, -0.15) is 0 Å². The van der Waals surface area contributed by atoms with Gasteiger partial charge in [-0.25, -0.2) is 0 Å². The van der Waals surface area contributed by atoms with Crippen LogP contribution in [0.5, 0.6) is 0 Å². The highest BCUT2D eigenvalue weighted by atomic mass is 32.2. The van der Waals surface area contributed by atoms with E-state index in [4.69, 9.17) is 0 Å². The first-order valence-electron chi connectivity index (χ1n) is 8.87. The van der Waals surface area contributed by atoms with Gasteiger partial charge in [0.1, 0.15) is 0 Å². The summed E-state index contributed by atoms with van der Waals surface area (Å²) in [5, 5.41) is 3.18. The van der Waals surface area contributed by atoms with E-state index in [9.17, 15) is 4.79 Å². The summed E-state index contributed by atoms with van der Waals surface area (Å²) in [6.07, 6.45) is 6.25. The van der Waals surface area contributed by atoms with Crippen molar-refractivity contribution in [3.8, 4) is 0 Å². The summed E-state index contributed by atoms with van der Waals surface area (Å²) in [6.45, 7) is 0.667. The number of benzene rings is 1. The first-order chi connectivity index (χ1) is 11.3. The van der Waals surface area contributed by atoms with E-state index in [1.807, 2.05) is 18.2 Å². The molecule has 1 spiro atoms. The Bertz CT molecular complexity index is 540. The number of amides is 1. The maximum Gasteiger partial charge on any atom is 0.223 e. The highest BCUT2D eigenvalue weighted by Gasteiger charge is 2.55. The van der Waals surface area contributed by atoms with Crippen molar-refractivity contribution in [1.29, 1.82) is 0 Å². The van der Waals surface area contributed by atoms with E-state index in [1.54, 1.807) is 0 Å². The van der Waals surface area contributed by atoms with Crippen LogP contribution >= 0.6 is 23.5 Å². The molecule has 124 valence electrons. The molecule has 3 fully saturated rings. The third-order valence-corrected chi connectivity index (χ3v) is 9.82. The van der Waals surface area contributed by atoms with Crippen LogP contribution in [0.25, 0.3) is 0 Å². The van der Waals surface area contributed by atoms with E-state index in [-0.39, 0.29) is 11.8 Å². The summed E-state index contributed by atoms with van der Waals surface area (Å²) in [6, 6.07) is 10.2. The maximum atomic E-state index is 12.7. The van der Waals surface area contributed by atoms with Crippen LogP contribution in [0.3, 0.4) is 0 Å². The Kier molecular flexibility index (Phi) is 4.64. The second-order valence-corrected chi connectivity index (χ2v) is 10.1. The zero-order valence-corrected chi connectivity index (χ0v) is 15.1. The Balaban J connectivity index is 1.40. The van der Waals surface area contributed by atoms with Gasteiger partial charge in [-0.1, -0.05) is 36.8 Å². The number of rotatable bonds is 3. The molecule has 1 aliphatic heterocycles. The summed E-state index contributed by atoms with van der Waals surface area (Å²) in [4.78, 5) is 12.7. The molecule has 3 aliphatic rings. The molecule has 2 atom stereocenters. The van der Waals surface area contributed by atoms with Crippen LogP contribution in [0.15, 0.2) is 30.3 Å². The number of nitrogens with one attached hydrogen (secondary N) is 1. The Morgan fingerprint density at radius 1 is 1.09 bits per heavy atom. The predicted molar refractivity (Wildman–Crippen MR) is 99.5 cm³/mol. The van der Waals surface area contributed by atoms with Crippen molar-refractivity contribution in [3.63, 3.8) is 0 Å². The van der Waals surface area contributed by atoms with Crippen LogP contribution in [0.2, 0.25) is 0 Å². The first-order valence-corrected chi connectivity index (χ1v) is 10.8. The van der Waals surface area contributed by atoms with Crippen LogP contribution in [0.4, 0.5) is 0 Å². The van der Waals surface area contributed by atoms with Gasteiger partial charge in [0.25, 0.3) is 0 Å². The van der Waals surface area contributed by atoms with Crippen LogP contribution in [-0.4, -0.2) is 21.5 Å². The van der Waals surface area contributed by atoms with Gasteiger partial charge in [0, 0.05) is 24.0 Å². The predicted octanol–water partition coefficient (Wildman–Crippen LogP) is 4.31. The molecule has 2 unspecified atom stereocenters. The van der Waals surface area contributed by atoms with Gasteiger partial charge in [-0.05, 0) is 43.1 Å². The lowest BCUT2D eigenvalue weighted by molar-refractivity contribution is -0.127. The van der Waals surface area contributed by atoms with Crippen molar-refractivity contribution in [2.75, 3.05) is 11.5 Å². The molecule has 2 bridgehead atoms. The number of carbonyl (C=O) groups excluding carboxylic acids is 1. The molecule has 2 saturated carbocycles. The minimum atomic E-state index is 0.237. The first kappa shape index (κ1) is 15.9. The molecule has 0 radical (unpaired) electrons. The van der Waals surface area contributed by atoms with Crippen molar-refractivity contribution in [3.05, 3.63) is 35.9 Å². The highest BCUT2D eigenvalue weighted by Crippen LogP contribution is 2.64. The summed E-state index contributed by atoms with van der Waals surface area (Å²) >= 11 is 4.43. The quantitative estimate of drug-likeness (QED) is 0.883. The van der Waals surface area contributed by atoms with E-state index in [1.165, 1.54) is 36.3 Å². The zero-order chi connectivity index (χ0) is 15.7. The summed E-state index contributed by atoms with van der Waals surface area (Å²) in [5.74, 6) is 4.64. The molecule has 1 amide bonds. The Hall–Kier alpha value is -0.610. The number of carbonyl (C=O) groups is 1. The summed E-state index contributed by atoms with van der Waals surface area (Å²) in [7, 11) is 0. The zero-order valence-electron chi connectivity index (χ0n) is 13.5. The van der Waals surface area contributed by atoms with E-state index in [0.29, 0.717) is 10.6 Å². The topological polar surface area (TPSA) is 29.1 Å². The smallest absolute Gasteiger partial charge is 0.223 e. The molecule has 23 heavy (non-hydrogen) atoms. The van der Waals surface area contributed by atoms with Gasteiger partial charge in [-0.15, -0.1) is 23.5 Å². The van der Waals surface area contributed by atoms with E-state index < -0.39 is 0 Å². The van der Waals surface area contributed by atoms with Crippen LogP contribution in [0, 0.1) is 17.8 Å². The number of hydrogen-bond donors (Lipinski definition) is 1. The Morgan fingerprint density at radius 2 is 1.74 bits per heavy atom. The number of hydrogen-bond acceptors (Lipinski definition) is 3. The van der Waals surface area contributed by atoms with Crippen molar-refractivity contribution >= 4 is 29.4 Å². The molecule has 1 N–H and O–H groups in total. The molecule has 0 aromatic heterocycles. The van der Waals surface area contributed by atoms with E-state index in [2.05, 4.69) is 41.0 Å². The summed E-state index contributed by atoms with van der Waals surface area (Å²) in [5.41, 5.74) is 1.19. The largest absolute Gasteiger partial charge is 0.352 e. The lowest BCUT2D eigenvalue weighted by Gasteiger charge is -2.52. The second kappa shape index (κ2) is 6.72. The van der Waals surface area contributed by atoms with Crippen molar-refractivity contribution in [2.45, 2.75) is 42.7 Å². The molecule has 4 rings (SSSR count). The lowest BCUT2D eigenvalue weighted by atomic mass is 9.67. The molecule has 4 heteroatoms. The Labute approximate surface area is 147 Å². The monoisotopic (exact) mass is 347 g/mol. The van der Waals surface area contributed by atoms with Crippen molar-refractivity contribution < 1.29 is 4.79 Å². The molecule has 1 saturated heterocycles. The number of thioether (sulfide) groups is 2. The SMILES string of the molecule is O=C(NCc1ccccc1)C1CC2CCCC(C1)C21SCCS1. The summed E-state index contributed by atoms with van der Waals surface area (Å²) < 4.78 is 0.467. The van der Waals surface area contributed by atoms with Crippen molar-refractivity contribution in [2.24, 2.45) is 17.8 Å². The highest BCUT2D eigenvalue weighted by molar-refractivity contribution is 8.21. The maximum absolute atomic E-state index is 12.7. The van der Waals surface area contributed by atoms with Gasteiger partial charge in [0.05, 0.1) is 4.08 Å². The molecule has 2 nitrogen and oxygen atoms in total. The molecule has 1 aromatic rings. The second-order valence-electron chi connectivity index (χ2n) is 7.11. The van der Waals surface area contributed by atoms with Gasteiger partial charge in [-0.3, -0.25) is 4.79 Å². The van der Waals surface area contributed by atoms with Gasteiger partial charge >= 0.3 is 0 Å². The molecular formula is C19H25NOS2. The van der Waals surface area contributed by atoms with Gasteiger partial charge in [0.15, 0.2) is 0 Å². The minimum Gasteiger partial charge on any atom is -0.352 e. The van der Waals surface area contributed by atoms with Crippen LogP contribution < -0.4 is 5.32 Å². The van der Waals surface area contributed by atoms with Gasteiger partial charge in [0.2, 0.25) is 5.91 Å². The minimum absolute atomic E-state index is 0.237. The average molecular weight is 348 g/mol. The fraction of sp³-hybridized carbons (Fsp3) is 0.632. The average Bonchev–Trinajstić information content (AvgIpc) is 3.03. The van der Waals surface area contributed by atoms with Crippen LogP contribution in [0.1, 0.15) is 37.7 Å². The standard InChI is InChI=1S/C19H25NOS2/c21-18(20-13-14-5-2-1-3-6-14)15-11-16-7-4-8-17(12-15)19(16)22-9-10-23-19/h1-3,5-6,15-17H,4,7-13H2,(H,20,21). The van der Waals surface area contributed by atoms with Gasteiger partial charge < -0.3 is 5.32 Å². The molecular weight excluding hydrogens is 322 g/mol. The Morgan fingerprint density at radius 3 is 2.39 bits per heavy atom. The third kappa shape index (κ3) is 3.05. The van der Waals surface area contributed by atoms with Crippen LogP contribution in [-0.2, 0) is 11.3 Å². The van der Waals surface area contributed by atoms with Crippen molar-refractivity contribution in [1.82, 2.24) is 5.32 Å². The lowest BCUT2D eigenvalue weighted by Crippen LogP contribution is -2.49.